The third kappa shape index (κ3) is 6.84. The Bertz CT molecular complexity index is 615. The molecule has 0 spiro atoms. The van der Waals surface area contributed by atoms with Gasteiger partial charge in [-0.1, -0.05) is 30.3 Å². The first-order valence-electron chi connectivity index (χ1n) is 9.37. The normalized spacial score (nSPS) is 20.2. The molecular weight excluding hydrogens is 348 g/mol. The zero-order valence-electron chi connectivity index (χ0n) is 16.6. The van der Waals surface area contributed by atoms with Crippen molar-refractivity contribution in [1.82, 2.24) is 10.4 Å². The fourth-order valence-corrected chi connectivity index (χ4v) is 2.89. The van der Waals surface area contributed by atoms with Gasteiger partial charge in [0.1, 0.15) is 11.6 Å². The molecule has 0 radical (unpaired) electrons. The lowest BCUT2D eigenvalue weighted by molar-refractivity contribution is -0.151. The molecule has 0 aliphatic carbocycles. The van der Waals surface area contributed by atoms with Crippen molar-refractivity contribution in [2.45, 2.75) is 64.8 Å². The van der Waals surface area contributed by atoms with E-state index in [0.717, 1.165) is 5.56 Å². The molecule has 0 bridgehead atoms. The van der Waals surface area contributed by atoms with Crippen molar-refractivity contribution in [1.29, 1.82) is 0 Å². The van der Waals surface area contributed by atoms with E-state index in [1.54, 1.807) is 27.7 Å². The third-order valence-corrected chi connectivity index (χ3v) is 4.10. The number of nitrogens with zero attached hydrogens (tertiary/aromatic N) is 1. The van der Waals surface area contributed by atoms with Gasteiger partial charge in [-0.25, -0.2) is 9.59 Å². The van der Waals surface area contributed by atoms with Crippen LogP contribution in [-0.4, -0.2) is 47.8 Å². The molecule has 1 aliphatic rings. The summed E-state index contributed by atoms with van der Waals surface area (Å²) >= 11 is 0. The number of rotatable bonds is 6. The van der Waals surface area contributed by atoms with Crippen LogP contribution in [0.3, 0.4) is 0 Å². The monoisotopic (exact) mass is 378 g/mol. The smallest absolute Gasteiger partial charge is 0.411 e. The van der Waals surface area contributed by atoms with Crippen molar-refractivity contribution in [3.8, 4) is 0 Å². The highest BCUT2D eigenvalue weighted by Crippen LogP contribution is 2.22. The summed E-state index contributed by atoms with van der Waals surface area (Å²) in [5.41, 5.74) is 3.42. The zero-order chi connectivity index (χ0) is 19.9. The highest BCUT2D eigenvalue weighted by Gasteiger charge is 2.39. The van der Waals surface area contributed by atoms with Gasteiger partial charge in [0.25, 0.3) is 0 Å². The Balaban J connectivity index is 1.96. The molecule has 1 saturated heterocycles. The molecule has 2 rings (SSSR count). The maximum Gasteiger partial charge on any atom is 0.411 e. The van der Waals surface area contributed by atoms with Crippen LogP contribution in [0.1, 0.15) is 46.1 Å². The predicted octanol–water partition coefficient (Wildman–Crippen LogP) is 3.04. The highest BCUT2D eigenvalue weighted by atomic mass is 16.6. The number of hydrogen-bond acceptors (Lipinski definition) is 6. The van der Waals surface area contributed by atoms with Crippen LogP contribution >= 0.6 is 0 Å². The van der Waals surface area contributed by atoms with Gasteiger partial charge < -0.3 is 9.47 Å². The van der Waals surface area contributed by atoms with Crippen LogP contribution in [0.4, 0.5) is 4.79 Å². The number of esters is 1. The summed E-state index contributed by atoms with van der Waals surface area (Å²) < 4.78 is 10.6. The fourth-order valence-electron chi connectivity index (χ4n) is 2.89. The SMILES string of the molecule is CCOC(=O)[C@@H]1CC[C@H](NOCc2ccccc2)CN1C(=O)OC(C)(C)C. The lowest BCUT2D eigenvalue weighted by Gasteiger charge is -2.38. The van der Waals surface area contributed by atoms with Gasteiger partial charge in [-0.15, -0.1) is 0 Å². The summed E-state index contributed by atoms with van der Waals surface area (Å²) in [7, 11) is 0. The predicted molar refractivity (Wildman–Crippen MR) is 101 cm³/mol. The maximum atomic E-state index is 12.6. The molecule has 1 aliphatic heterocycles. The van der Waals surface area contributed by atoms with E-state index in [1.807, 2.05) is 30.3 Å². The van der Waals surface area contributed by atoms with E-state index in [4.69, 9.17) is 14.3 Å². The molecule has 1 amide bonds. The first-order chi connectivity index (χ1) is 12.8. The number of hydrogen-bond donors (Lipinski definition) is 1. The van der Waals surface area contributed by atoms with Crippen LogP contribution in [0.25, 0.3) is 0 Å². The summed E-state index contributed by atoms with van der Waals surface area (Å²) in [6.45, 7) is 8.16. The first kappa shape index (κ1) is 21.2. The number of likely N-dealkylation sites (tertiary alicyclic amines) is 1. The molecule has 1 N–H and O–H groups in total. The number of carbonyl (C=O) groups is 2. The molecule has 2 atom stereocenters. The van der Waals surface area contributed by atoms with Crippen molar-refractivity contribution in [2.75, 3.05) is 13.2 Å². The molecule has 7 heteroatoms. The Morgan fingerprint density at radius 3 is 2.52 bits per heavy atom. The van der Waals surface area contributed by atoms with Gasteiger partial charge in [-0.05, 0) is 46.1 Å². The maximum absolute atomic E-state index is 12.6. The minimum absolute atomic E-state index is 0.0908. The van der Waals surface area contributed by atoms with Gasteiger partial charge in [0.15, 0.2) is 0 Å². The van der Waals surface area contributed by atoms with Crippen LogP contribution in [0.2, 0.25) is 0 Å². The number of piperidine rings is 1. The number of amides is 1. The number of hydroxylamine groups is 1. The molecular formula is C20H30N2O5. The number of benzene rings is 1. The highest BCUT2D eigenvalue weighted by molar-refractivity contribution is 5.81. The molecule has 0 unspecified atom stereocenters. The van der Waals surface area contributed by atoms with Gasteiger partial charge >= 0.3 is 12.1 Å². The third-order valence-electron chi connectivity index (χ3n) is 4.10. The van der Waals surface area contributed by atoms with Crippen molar-refractivity contribution in [2.24, 2.45) is 0 Å². The molecule has 27 heavy (non-hydrogen) atoms. The lowest BCUT2D eigenvalue weighted by atomic mass is 9.99. The average Bonchev–Trinajstić information content (AvgIpc) is 2.61. The van der Waals surface area contributed by atoms with Gasteiger partial charge in [0.05, 0.1) is 19.3 Å². The van der Waals surface area contributed by atoms with Crippen LogP contribution in [0.5, 0.6) is 0 Å². The summed E-state index contributed by atoms with van der Waals surface area (Å²) in [4.78, 5) is 31.9. The Morgan fingerprint density at radius 2 is 1.89 bits per heavy atom. The van der Waals surface area contributed by atoms with E-state index < -0.39 is 23.7 Å². The van der Waals surface area contributed by atoms with Gasteiger partial charge in [-0.2, -0.15) is 5.48 Å². The summed E-state index contributed by atoms with van der Waals surface area (Å²) in [6.07, 6.45) is 0.664. The molecule has 1 aromatic rings. The number of carbonyl (C=O) groups excluding carboxylic acids is 2. The van der Waals surface area contributed by atoms with Crippen LogP contribution in [0, 0.1) is 0 Å². The number of ether oxygens (including phenoxy) is 2. The molecule has 7 nitrogen and oxygen atoms in total. The Labute approximate surface area is 160 Å². The molecule has 1 fully saturated rings. The zero-order valence-corrected chi connectivity index (χ0v) is 16.6. The van der Waals surface area contributed by atoms with Crippen LogP contribution in [-0.2, 0) is 25.7 Å². The minimum Gasteiger partial charge on any atom is -0.464 e. The van der Waals surface area contributed by atoms with Crippen molar-refractivity contribution in [3.05, 3.63) is 35.9 Å². The summed E-state index contributed by atoms with van der Waals surface area (Å²) in [5, 5.41) is 0. The second-order valence-corrected chi connectivity index (χ2v) is 7.57. The topological polar surface area (TPSA) is 77.1 Å². The van der Waals surface area contributed by atoms with Crippen LogP contribution < -0.4 is 5.48 Å². The molecule has 0 saturated carbocycles. The minimum atomic E-state index is -0.638. The van der Waals surface area contributed by atoms with E-state index in [2.05, 4.69) is 5.48 Å². The van der Waals surface area contributed by atoms with E-state index in [1.165, 1.54) is 4.90 Å². The van der Waals surface area contributed by atoms with Gasteiger partial charge in [-0.3, -0.25) is 9.74 Å². The standard InChI is InChI=1S/C20H30N2O5/c1-5-25-18(23)17-12-11-16(13-22(17)19(24)27-20(2,3)4)21-26-14-15-9-7-6-8-10-15/h6-10,16-17,21H,5,11-14H2,1-4H3/t16-,17-/m0/s1. The molecule has 1 aromatic carbocycles. The average molecular weight is 378 g/mol. The van der Waals surface area contributed by atoms with E-state index in [9.17, 15) is 9.59 Å². The molecule has 0 aromatic heterocycles. The van der Waals surface area contributed by atoms with Gasteiger partial charge in [0, 0.05) is 6.54 Å². The quantitative estimate of drug-likeness (QED) is 0.606. The second kappa shape index (κ2) is 9.71. The van der Waals surface area contributed by atoms with Crippen molar-refractivity contribution >= 4 is 12.1 Å². The second-order valence-electron chi connectivity index (χ2n) is 7.57. The lowest BCUT2D eigenvalue weighted by Crippen LogP contribution is -2.56. The van der Waals surface area contributed by atoms with E-state index in [0.29, 0.717) is 26.0 Å². The Hall–Kier alpha value is -2.12. The summed E-state index contributed by atoms with van der Waals surface area (Å²) in [5.74, 6) is -0.396. The van der Waals surface area contributed by atoms with E-state index >= 15 is 0 Å². The molecule has 1 heterocycles. The van der Waals surface area contributed by atoms with E-state index in [-0.39, 0.29) is 12.6 Å². The van der Waals surface area contributed by atoms with Crippen molar-refractivity contribution < 1.29 is 23.9 Å². The first-order valence-corrected chi connectivity index (χ1v) is 9.37. The largest absolute Gasteiger partial charge is 0.464 e. The van der Waals surface area contributed by atoms with Gasteiger partial charge in [0.2, 0.25) is 0 Å². The Morgan fingerprint density at radius 1 is 1.19 bits per heavy atom. The van der Waals surface area contributed by atoms with Crippen LogP contribution in [0.15, 0.2) is 30.3 Å². The Kier molecular flexibility index (Phi) is 7.62. The fraction of sp³-hybridized carbons (Fsp3) is 0.600. The molecule has 150 valence electrons. The number of nitrogens with one attached hydrogen (secondary N) is 1. The summed E-state index contributed by atoms with van der Waals surface area (Å²) in [6, 6.07) is 9.09. The van der Waals surface area contributed by atoms with Crippen molar-refractivity contribution in [3.63, 3.8) is 0 Å².